The van der Waals surface area contributed by atoms with E-state index in [2.05, 4.69) is 17.1 Å². The minimum absolute atomic E-state index is 0.835. The van der Waals surface area contributed by atoms with Gasteiger partial charge in [0.2, 0.25) is 0 Å². The third kappa shape index (κ3) is 1.10. The van der Waals surface area contributed by atoms with Crippen molar-refractivity contribution in [2.24, 2.45) is 0 Å². The molecule has 62 valence electrons. The molecule has 0 aliphatic carbocycles. The highest BCUT2D eigenvalue weighted by atomic mass is 35.5. The summed E-state index contributed by atoms with van der Waals surface area (Å²) in [5, 5.41) is 2.02. The zero-order valence-electron chi connectivity index (χ0n) is 7.11. The van der Waals surface area contributed by atoms with Gasteiger partial charge in [0.05, 0.1) is 0 Å². The molecule has 0 aliphatic heterocycles. The van der Waals surface area contributed by atoms with Crippen LogP contribution in [0.5, 0.6) is 0 Å². The summed E-state index contributed by atoms with van der Waals surface area (Å²) >= 11 is 5.98. The second-order valence-electron chi connectivity index (χ2n) is 3.14. The highest BCUT2D eigenvalue weighted by Gasteiger charge is 2.00. The van der Waals surface area contributed by atoms with E-state index in [-0.39, 0.29) is 0 Å². The van der Waals surface area contributed by atoms with Crippen LogP contribution in [0.1, 0.15) is 11.3 Å². The van der Waals surface area contributed by atoms with Gasteiger partial charge < -0.3 is 4.98 Å². The van der Waals surface area contributed by atoms with Gasteiger partial charge in [-0.3, -0.25) is 0 Å². The zero-order chi connectivity index (χ0) is 8.72. The number of nitrogens with one attached hydrogen (secondary N) is 1. The van der Waals surface area contributed by atoms with E-state index in [0.29, 0.717) is 0 Å². The van der Waals surface area contributed by atoms with E-state index in [9.17, 15) is 0 Å². The summed E-state index contributed by atoms with van der Waals surface area (Å²) in [4.78, 5) is 3.27. The molecule has 0 amide bonds. The summed E-state index contributed by atoms with van der Waals surface area (Å²) in [6.45, 7) is 4.06. The van der Waals surface area contributed by atoms with Crippen molar-refractivity contribution in [1.29, 1.82) is 0 Å². The molecule has 2 aromatic rings. The molecule has 0 radical (unpaired) electrons. The number of hydrogen-bond acceptors (Lipinski definition) is 0. The summed E-state index contributed by atoms with van der Waals surface area (Å²) in [5.41, 5.74) is 3.45. The number of halogens is 1. The Balaban J connectivity index is 2.83. The van der Waals surface area contributed by atoms with E-state index in [4.69, 9.17) is 11.6 Å². The Morgan fingerprint density at radius 3 is 2.67 bits per heavy atom. The van der Waals surface area contributed by atoms with Crippen molar-refractivity contribution in [1.82, 2.24) is 4.98 Å². The molecule has 0 saturated carbocycles. The van der Waals surface area contributed by atoms with Gasteiger partial charge in [-0.2, -0.15) is 0 Å². The van der Waals surface area contributed by atoms with Crippen LogP contribution in [0.25, 0.3) is 10.9 Å². The number of rotatable bonds is 0. The van der Waals surface area contributed by atoms with Gasteiger partial charge in [-0.1, -0.05) is 11.6 Å². The monoisotopic (exact) mass is 179 g/mol. The van der Waals surface area contributed by atoms with E-state index >= 15 is 0 Å². The Hall–Kier alpha value is -0.950. The van der Waals surface area contributed by atoms with Crippen LogP contribution in [0.4, 0.5) is 0 Å². The molecule has 2 heteroatoms. The third-order valence-corrected chi connectivity index (χ3v) is 2.44. The lowest BCUT2D eigenvalue weighted by atomic mass is 10.2. The van der Waals surface area contributed by atoms with Crippen LogP contribution in [-0.2, 0) is 0 Å². The predicted molar refractivity (Wildman–Crippen MR) is 52.8 cm³/mol. The van der Waals surface area contributed by atoms with Gasteiger partial charge in [0.15, 0.2) is 0 Å². The average molecular weight is 180 g/mol. The minimum atomic E-state index is 0.835. The van der Waals surface area contributed by atoms with E-state index < -0.39 is 0 Å². The Morgan fingerprint density at radius 2 is 1.92 bits per heavy atom. The first kappa shape index (κ1) is 7.69. The van der Waals surface area contributed by atoms with Gasteiger partial charge in [0, 0.05) is 21.6 Å². The van der Waals surface area contributed by atoms with Crippen molar-refractivity contribution in [3.05, 3.63) is 34.5 Å². The van der Waals surface area contributed by atoms with Crippen molar-refractivity contribution in [2.75, 3.05) is 0 Å². The Bertz CT molecular complexity index is 390. The highest BCUT2D eigenvalue weighted by molar-refractivity contribution is 6.32. The van der Waals surface area contributed by atoms with Crippen LogP contribution in [0.3, 0.4) is 0 Å². The Kier molecular flexibility index (Phi) is 1.62. The topological polar surface area (TPSA) is 15.8 Å². The Morgan fingerprint density at radius 1 is 1.17 bits per heavy atom. The van der Waals surface area contributed by atoms with Gasteiger partial charge in [-0.15, -0.1) is 0 Å². The quantitative estimate of drug-likeness (QED) is 0.638. The number of aromatic nitrogens is 1. The lowest BCUT2D eigenvalue weighted by molar-refractivity contribution is 1.30. The molecule has 0 fully saturated rings. The molecule has 0 atom stereocenters. The number of aryl methyl sites for hydroxylation is 2. The van der Waals surface area contributed by atoms with Crippen LogP contribution < -0.4 is 0 Å². The van der Waals surface area contributed by atoms with Gasteiger partial charge >= 0.3 is 0 Å². The molecule has 12 heavy (non-hydrogen) atoms. The summed E-state index contributed by atoms with van der Waals surface area (Å²) in [5.74, 6) is 0. The van der Waals surface area contributed by atoms with Gasteiger partial charge in [0.25, 0.3) is 0 Å². The average Bonchev–Trinajstić information content (AvgIpc) is 2.30. The van der Waals surface area contributed by atoms with Gasteiger partial charge in [0.1, 0.15) is 0 Å². The summed E-state index contributed by atoms with van der Waals surface area (Å²) < 4.78 is 0. The Labute approximate surface area is 76.4 Å². The molecule has 1 aromatic heterocycles. The second kappa shape index (κ2) is 2.53. The molecule has 0 aliphatic rings. The SMILES string of the molecule is Cc1cc2cc(Cl)c(C)cc2[nH]1. The number of hydrogen-bond donors (Lipinski definition) is 1. The van der Waals surface area contributed by atoms with Crippen LogP contribution in [0, 0.1) is 13.8 Å². The molecule has 0 bridgehead atoms. The summed E-state index contributed by atoms with van der Waals surface area (Å²) in [6.07, 6.45) is 0. The first-order valence-corrected chi connectivity index (χ1v) is 4.30. The van der Waals surface area contributed by atoms with E-state index in [1.807, 2.05) is 19.9 Å². The zero-order valence-corrected chi connectivity index (χ0v) is 7.87. The lowest BCUT2D eigenvalue weighted by Gasteiger charge is -1.96. The predicted octanol–water partition coefficient (Wildman–Crippen LogP) is 3.44. The molecule has 0 spiro atoms. The first-order chi connectivity index (χ1) is 5.66. The summed E-state index contributed by atoms with van der Waals surface area (Å²) in [7, 11) is 0. The largest absolute Gasteiger partial charge is 0.359 e. The maximum Gasteiger partial charge on any atom is 0.0459 e. The third-order valence-electron chi connectivity index (χ3n) is 2.03. The highest BCUT2D eigenvalue weighted by Crippen LogP contribution is 2.23. The van der Waals surface area contributed by atoms with Crippen molar-refractivity contribution in [3.8, 4) is 0 Å². The fraction of sp³-hybridized carbons (Fsp3) is 0.200. The van der Waals surface area contributed by atoms with E-state index in [1.165, 1.54) is 11.1 Å². The van der Waals surface area contributed by atoms with Crippen molar-refractivity contribution < 1.29 is 0 Å². The van der Waals surface area contributed by atoms with E-state index in [0.717, 1.165) is 16.1 Å². The van der Waals surface area contributed by atoms with Crippen LogP contribution in [0.2, 0.25) is 5.02 Å². The number of fused-ring (bicyclic) bond motifs is 1. The number of H-pyrrole nitrogens is 1. The molecule has 1 heterocycles. The van der Waals surface area contributed by atoms with Crippen molar-refractivity contribution >= 4 is 22.5 Å². The van der Waals surface area contributed by atoms with Crippen molar-refractivity contribution in [2.45, 2.75) is 13.8 Å². The molecule has 1 nitrogen and oxygen atoms in total. The fourth-order valence-electron chi connectivity index (χ4n) is 1.41. The minimum Gasteiger partial charge on any atom is -0.359 e. The van der Waals surface area contributed by atoms with Gasteiger partial charge in [-0.25, -0.2) is 0 Å². The van der Waals surface area contributed by atoms with Crippen molar-refractivity contribution in [3.63, 3.8) is 0 Å². The lowest BCUT2D eigenvalue weighted by Crippen LogP contribution is -1.75. The molecule has 1 N–H and O–H groups in total. The normalized spacial score (nSPS) is 10.9. The van der Waals surface area contributed by atoms with Crippen LogP contribution in [0.15, 0.2) is 18.2 Å². The molecular weight excluding hydrogens is 170 g/mol. The number of aromatic amines is 1. The fourth-order valence-corrected chi connectivity index (χ4v) is 1.58. The molecule has 0 unspecified atom stereocenters. The molecular formula is C10H10ClN. The summed E-state index contributed by atoms with van der Waals surface area (Å²) in [6, 6.07) is 6.17. The molecule has 1 aromatic carbocycles. The molecule has 2 rings (SSSR count). The first-order valence-electron chi connectivity index (χ1n) is 3.92. The molecule has 0 saturated heterocycles. The smallest absolute Gasteiger partial charge is 0.0459 e. The van der Waals surface area contributed by atoms with Crippen LogP contribution >= 0.6 is 11.6 Å². The number of benzene rings is 1. The second-order valence-corrected chi connectivity index (χ2v) is 3.55. The van der Waals surface area contributed by atoms with Gasteiger partial charge in [-0.05, 0) is 37.6 Å². The van der Waals surface area contributed by atoms with E-state index in [1.54, 1.807) is 0 Å². The standard InChI is InChI=1S/C10H10ClN/c1-6-3-10-8(5-9(6)11)4-7(2)12-10/h3-5,12H,1-2H3. The van der Waals surface area contributed by atoms with Crippen LogP contribution in [-0.4, -0.2) is 4.98 Å². The maximum atomic E-state index is 5.98. The maximum absolute atomic E-state index is 5.98.